The quantitative estimate of drug-likeness (QED) is 0.813. The second-order valence-corrected chi connectivity index (χ2v) is 6.97. The van der Waals surface area contributed by atoms with Gasteiger partial charge in [-0.05, 0) is 49.4 Å². The average molecular weight is 325 g/mol. The third-order valence-electron chi connectivity index (χ3n) is 5.19. The van der Waals surface area contributed by atoms with Gasteiger partial charge in [-0.1, -0.05) is 44.2 Å². The molecule has 1 aliphatic carbocycles. The van der Waals surface area contributed by atoms with Crippen LogP contribution in [0.5, 0.6) is 11.5 Å². The molecule has 1 aliphatic rings. The first-order valence-corrected chi connectivity index (χ1v) is 8.90. The molecule has 0 heterocycles. The standard InChI is InChI=1S/C21H27NO2/c1-3-11-22(14-16-7-5-4-6-8-16)19-13-18-17(12-15(19)2)20(23)9-10-21(18)24/h4-10,15,19,23-24H,3,11-14H2,1-2H3. The Morgan fingerprint density at radius 2 is 1.58 bits per heavy atom. The molecule has 0 saturated heterocycles. The summed E-state index contributed by atoms with van der Waals surface area (Å²) in [5.41, 5.74) is 3.17. The lowest BCUT2D eigenvalue weighted by Gasteiger charge is -2.40. The van der Waals surface area contributed by atoms with Crippen LogP contribution >= 0.6 is 0 Å². The van der Waals surface area contributed by atoms with Crippen molar-refractivity contribution in [3.63, 3.8) is 0 Å². The zero-order chi connectivity index (χ0) is 17.1. The number of phenolic OH excluding ortho intramolecular Hbond substituents is 2. The van der Waals surface area contributed by atoms with Crippen LogP contribution in [0.1, 0.15) is 37.0 Å². The predicted molar refractivity (Wildman–Crippen MR) is 97.3 cm³/mol. The monoisotopic (exact) mass is 325 g/mol. The summed E-state index contributed by atoms with van der Waals surface area (Å²) in [5.74, 6) is 1.08. The molecular formula is C21H27NO2. The number of hydrogen-bond donors (Lipinski definition) is 2. The van der Waals surface area contributed by atoms with Crippen molar-refractivity contribution in [1.82, 2.24) is 4.90 Å². The molecule has 0 bridgehead atoms. The summed E-state index contributed by atoms with van der Waals surface area (Å²) < 4.78 is 0. The molecule has 3 nitrogen and oxygen atoms in total. The Labute approximate surface area is 144 Å². The van der Waals surface area contributed by atoms with Crippen LogP contribution in [0.3, 0.4) is 0 Å². The molecule has 0 aliphatic heterocycles. The Bertz CT molecular complexity index is 684. The van der Waals surface area contributed by atoms with Gasteiger partial charge in [0.15, 0.2) is 0 Å². The maximum Gasteiger partial charge on any atom is 0.119 e. The first-order chi connectivity index (χ1) is 11.6. The average Bonchev–Trinajstić information content (AvgIpc) is 2.59. The van der Waals surface area contributed by atoms with Gasteiger partial charge in [0.25, 0.3) is 0 Å². The summed E-state index contributed by atoms with van der Waals surface area (Å²) in [4.78, 5) is 2.53. The third kappa shape index (κ3) is 3.41. The molecule has 3 rings (SSSR count). The lowest BCUT2D eigenvalue weighted by Crippen LogP contribution is -2.44. The van der Waals surface area contributed by atoms with Crippen LogP contribution in [0.2, 0.25) is 0 Å². The molecule has 0 fully saturated rings. The van der Waals surface area contributed by atoms with E-state index in [2.05, 4.69) is 43.0 Å². The molecule has 0 amide bonds. The Hall–Kier alpha value is -2.00. The van der Waals surface area contributed by atoms with Crippen LogP contribution in [0.15, 0.2) is 42.5 Å². The molecule has 2 aromatic carbocycles. The van der Waals surface area contributed by atoms with E-state index in [0.29, 0.717) is 23.5 Å². The van der Waals surface area contributed by atoms with Gasteiger partial charge < -0.3 is 10.2 Å². The summed E-state index contributed by atoms with van der Waals surface area (Å²) in [6, 6.07) is 14.2. The van der Waals surface area contributed by atoms with Gasteiger partial charge >= 0.3 is 0 Å². The summed E-state index contributed by atoms with van der Waals surface area (Å²) in [7, 11) is 0. The highest BCUT2D eigenvalue weighted by atomic mass is 16.3. The van der Waals surface area contributed by atoms with E-state index in [9.17, 15) is 10.2 Å². The second kappa shape index (κ2) is 7.27. The lowest BCUT2D eigenvalue weighted by atomic mass is 9.79. The number of aromatic hydroxyl groups is 2. The number of fused-ring (bicyclic) bond motifs is 1. The van der Waals surface area contributed by atoms with Gasteiger partial charge in [0.05, 0.1) is 0 Å². The topological polar surface area (TPSA) is 43.7 Å². The van der Waals surface area contributed by atoms with Gasteiger partial charge in [-0.15, -0.1) is 0 Å². The zero-order valence-electron chi connectivity index (χ0n) is 14.6. The van der Waals surface area contributed by atoms with E-state index in [1.807, 2.05) is 6.07 Å². The molecule has 0 radical (unpaired) electrons. The minimum absolute atomic E-state index is 0.316. The van der Waals surface area contributed by atoms with Crippen molar-refractivity contribution in [1.29, 1.82) is 0 Å². The third-order valence-corrected chi connectivity index (χ3v) is 5.19. The van der Waals surface area contributed by atoms with Crippen molar-refractivity contribution in [2.45, 2.75) is 45.7 Å². The summed E-state index contributed by atoms with van der Waals surface area (Å²) in [6.45, 7) is 6.44. The predicted octanol–water partition coefficient (Wildman–Crippen LogP) is 4.11. The lowest BCUT2D eigenvalue weighted by molar-refractivity contribution is 0.129. The van der Waals surface area contributed by atoms with Crippen molar-refractivity contribution in [2.24, 2.45) is 5.92 Å². The summed E-state index contributed by atoms with van der Waals surface area (Å²) in [6.07, 6.45) is 2.72. The highest BCUT2D eigenvalue weighted by Gasteiger charge is 2.32. The molecule has 0 spiro atoms. The molecule has 3 heteroatoms. The molecule has 0 aromatic heterocycles. The van der Waals surface area contributed by atoms with Gasteiger partial charge in [-0.2, -0.15) is 0 Å². The first-order valence-electron chi connectivity index (χ1n) is 8.90. The maximum atomic E-state index is 10.3. The molecular weight excluding hydrogens is 298 g/mol. The largest absolute Gasteiger partial charge is 0.508 e. The number of benzene rings is 2. The molecule has 0 saturated carbocycles. The van der Waals surface area contributed by atoms with Gasteiger partial charge in [-0.3, -0.25) is 4.90 Å². The summed E-state index contributed by atoms with van der Waals surface area (Å²) >= 11 is 0. The van der Waals surface area contributed by atoms with Gasteiger partial charge in [-0.25, -0.2) is 0 Å². The molecule has 24 heavy (non-hydrogen) atoms. The zero-order valence-corrected chi connectivity index (χ0v) is 14.6. The molecule has 2 atom stereocenters. The Morgan fingerprint density at radius 3 is 2.21 bits per heavy atom. The van der Waals surface area contributed by atoms with Crippen molar-refractivity contribution in [3.8, 4) is 11.5 Å². The Balaban J connectivity index is 1.87. The van der Waals surface area contributed by atoms with Crippen LogP contribution in [-0.4, -0.2) is 27.7 Å². The van der Waals surface area contributed by atoms with Crippen molar-refractivity contribution < 1.29 is 10.2 Å². The second-order valence-electron chi connectivity index (χ2n) is 6.97. The minimum atomic E-state index is 0.316. The fourth-order valence-corrected chi connectivity index (χ4v) is 3.95. The van der Waals surface area contributed by atoms with Crippen LogP contribution in [0.4, 0.5) is 0 Å². The number of phenols is 2. The van der Waals surface area contributed by atoms with Crippen LogP contribution in [-0.2, 0) is 19.4 Å². The van der Waals surface area contributed by atoms with Crippen LogP contribution < -0.4 is 0 Å². The Kier molecular flexibility index (Phi) is 5.10. The molecule has 2 N–H and O–H groups in total. The minimum Gasteiger partial charge on any atom is -0.508 e. The van der Waals surface area contributed by atoms with Crippen LogP contribution in [0.25, 0.3) is 0 Å². The van der Waals surface area contributed by atoms with Crippen molar-refractivity contribution in [2.75, 3.05) is 6.54 Å². The fraction of sp³-hybridized carbons (Fsp3) is 0.429. The van der Waals surface area contributed by atoms with Crippen LogP contribution in [0, 0.1) is 5.92 Å². The molecule has 2 unspecified atom stereocenters. The van der Waals surface area contributed by atoms with Gasteiger partial charge in [0, 0.05) is 23.7 Å². The van der Waals surface area contributed by atoms with Gasteiger partial charge in [0.1, 0.15) is 11.5 Å². The van der Waals surface area contributed by atoms with E-state index in [4.69, 9.17) is 0 Å². The smallest absolute Gasteiger partial charge is 0.119 e. The van der Waals surface area contributed by atoms with E-state index in [1.54, 1.807) is 12.1 Å². The van der Waals surface area contributed by atoms with E-state index in [0.717, 1.165) is 43.5 Å². The van der Waals surface area contributed by atoms with Crippen molar-refractivity contribution in [3.05, 3.63) is 59.2 Å². The highest BCUT2D eigenvalue weighted by molar-refractivity contribution is 5.49. The Morgan fingerprint density at radius 1 is 0.958 bits per heavy atom. The number of nitrogens with zero attached hydrogens (tertiary/aromatic N) is 1. The molecule has 2 aromatic rings. The van der Waals surface area contributed by atoms with Gasteiger partial charge in [0.2, 0.25) is 0 Å². The fourth-order valence-electron chi connectivity index (χ4n) is 3.95. The normalized spacial score (nSPS) is 20.1. The van der Waals surface area contributed by atoms with Crippen molar-refractivity contribution >= 4 is 0 Å². The SMILES string of the molecule is CCCN(Cc1ccccc1)C1Cc2c(O)ccc(O)c2CC1C. The van der Waals surface area contributed by atoms with E-state index >= 15 is 0 Å². The first kappa shape index (κ1) is 16.8. The van der Waals surface area contributed by atoms with E-state index in [-0.39, 0.29) is 0 Å². The molecule has 128 valence electrons. The van der Waals surface area contributed by atoms with E-state index < -0.39 is 0 Å². The number of rotatable bonds is 5. The highest BCUT2D eigenvalue weighted by Crippen LogP contribution is 2.38. The van der Waals surface area contributed by atoms with E-state index in [1.165, 1.54) is 5.56 Å². The maximum absolute atomic E-state index is 10.3. The summed E-state index contributed by atoms with van der Waals surface area (Å²) in [5, 5.41) is 20.4. The number of hydrogen-bond acceptors (Lipinski definition) is 3.